The third-order valence-electron chi connectivity index (χ3n) is 3.17. The van der Waals surface area contributed by atoms with Crippen molar-refractivity contribution in [3.05, 3.63) is 63.4 Å². The van der Waals surface area contributed by atoms with Crippen molar-refractivity contribution < 1.29 is 9.50 Å². The minimum atomic E-state index is -0.885. The SMILES string of the molecule is Cc1cc(C)c(NCC(O)c2ccccc2F)c(Br)c1. The number of nitrogens with one attached hydrogen (secondary N) is 1. The lowest BCUT2D eigenvalue weighted by molar-refractivity contribution is 0.186. The van der Waals surface area contributed by atoms with Gasteiger partial charge in [0.1, 0.15) is 5.82 Å². The van der Waals surface area contributed by atoms with Gasteiger partial charge in [-0.15, -0.1) is 0 Å². The Hall–Kier alpha value is -1.39. The van der Waals surface area contributed by atoms with Crippen LogP contribution >= 0.6 is 15.9 Å². The van der Waals surface area contributed by atoms with E-state index in [9.17, 15) is 9.50 Å². The highest BCUT2D eigenvalue weighted by Gasteiger charge is 2.13. The summed E-state index contributed by atoms with van der Waals surface area (Å²) in [6, 6.07) is 10.3. The maximum atomic E-state index is 13.6. The number of anilines is 1. The molecule has 0 spiro atoms. The van der Waals surface area contributed by atoms with Crippen LogP contribution in [0.3, 0.4) is 0 Å². The van der Waals surface area contributed by atoms with Crippen LogP contribution in [0.4, 0.5) is 10.1 Å². The Bertz CT molecular complexity index is 592. The summed E-state index contributed by atoms with van der Waals surface area (Å²) in [6.45, 7) is 4.27. The number of rotatable bonds is 4. The zero-order valence-corrected chi connectivity index (χ0v) is 13.0. The van der Waals surface area contributed by atoms with Crippen LogP contribution in [0.1, 0.15) is 22.8 Å². The molecule has 0 saturated carbocycles. The van der Waals surface area contributed by atoms with Crippen molar-refractivity contribution in [1.29, 1.82) is 0 Å². The van der Waals surface area contributed by atoms with E-state index in [-0.39, 0.29) is 12.4 Å². The van der Waals surface area contributed by atoms with Crippen molar-refractivity contribution in [2.75, 3.05) is 11.9 Å². The Morgan fingerprint density at radius 2 is 1.95 bits per heavy atom. The number of hydrogen-bond acceptors (Lipinski definition) is 2. The number of aryl methyl sites for hydroxylation is 2. The van der Waals surface area contributed by atoms with Crippen molar-refractivity contribution in [3.8, 4) is 0 Å². The van der Waals surface area contributed by atoms with Gasteiger partial charge in [0.2, 0.25) is 0 Å². The fraction of sp³-hybridized carbons (Fsp3) is 0.250. The third-order valence-corrected chi connectivity index (χ3v) is 3.79. The molecule has 2 nitrogen and oxygen atoms in total. The molecule has 0 bridgehead atoms. The van der Waals surface area contributed by atoms with Gasteiger partial charge >= 0.3 is 0 Å². The standard InChI is InChI=1S/C16H17BrFNO/c1-10-7-11(2)16(13(17)8-10)19-9-15(20)12-5-3-4-6-14(12)18/h3-8,15,19-20H,9H2,1-2H3. The molecule has 2 aromatic rings. The molecule has 2 aromatic carbocycles. The highest BCUT2D eigenvalue weighted by molar-refractivity contribution is 9.10. The van der Waals surface area contributed by atoms with Crippen LogP contribution < -0.4 is 5.32 Å². The zero-order chi connectivity index (χ0) is 14.7. The Labute approximate surface area is 126 Å². The van der Waals surface area contributed by atoms with Crippen molar-refractivity contribution in [2.24, 2.45) is 0 Å². The molecule has 4 heteroatoms. The lowest BCUT2D eigenvalue weighted by Crippen LogP contribution is -2.14. The molecule has 1 unspecified atom stereocenters. The summed E-state index contributed by atoms with van der Waals surface area (Å²) in [7, 11) is 0. The first-order valence-electron chi connectivity index (χ1n) is 6.42. The molecule has 0 amide bonds. The summed E-state index contributed by atoms with van der Waals surface area (Å²) >= 11 is 3.50. The third kappa shape index (κ3) is 3.38. The number of hydrogen-bond donors (Lipinski definition) is 2. The van der Waals surface area contributed by atoms with Gasteiger partial charge in [-0.05, 0) is 53.0 Å². The highest BCUT2D eigenvalue weighted by Crippen LogP contribution is 2.28. The second kappa shape index (κ2) is 6.37. The van der Waals surface area contributed by atoms with E-state index in [0.717, 1.165) is 21.3 Å². The van der Waals surface area contributed by atoms with Crippen molar-refractivity contribution in [3.63, 3.8) is 0 Å². The largest absolute Gasteiger partial charge is 0.386 e. The maximum absolute atomic E-state index is 13.6. The van der Waals surface area contributed by atoms with Crippen LogP contribution in [-0.2, 0) is 0 Å². The first-order valence-corrected chi connectivity index (χ1v) is 7.21. The number of halogens is 2. The monoisotopic (exact) mass is 337 g/mol. The predicted octanol–water partition coefficient (Wildman–Crippen LogP) is 4.35. The van der Waals surface area contributed by atoms with E-state index in [2.05, 4.69) is 27.3 Å². The van der Waals surface area contributed by atoms with Gasteiger partial charge < -0.3 is 10.4 Å². The molecule has 0 radical (unpaired) electrons. The van der Waals surface area contributed by atoms with E-state index >= 15 is 0 Å². The van der Waals surface area contributed by atoms with Crippen molar-refractivity contribution in [1.82, 2.24) is 0 Å². The van der Waals surface area contributed by atoms with Crippen LogP contribution in [0.15, 0.2) is 40.9 Å². The van der Waals surface area contributed by atoms with Gasteiger partial charge in [0.15, 0.2) is 0 Å². The van der Waals surface area contributed by atoms with Gasteiger partial charge in [0.25, 0.3) is 0 Å². The molecule has 0 fully saturated rings. The summed E-state index contributed by atoms with van der Waals surface area (Å²) in [5.74, 6) is -0.388. The molecule has 0 heterocycles. The van der Waals surface area contributed by atoms with Crippen molar-refractivity contribution in [2.45, 2.75) is 20.0 Å². The second-order valence-corrected chi connectivity index (χ2v) is 5.71. The van der Waals surface area contributed by atoms with Gasteiger partial charge in [0.05, 0.1) is 11.8 Å². The van der Waals surface area contributed by atoms with E-state index in [1.54, 1.807) is 18.2 Å². The number of aliphatic hydroxyl groups is 1. The van der Waals surface area contributed by atoms with Crippen LogP contribution in [0.5, 0.6) is 0 Å². The van der Waals surface area contributed by atoms with Crippen LogP contribution in [-0.4, -0.2) is 11.7 Å². The average molecular weight is 338 g/mol. The first kappa shape index (κ1) is 15.0. The normalized spacial score (nSPS) is 12.2. The molecule has 2 rings (SSSR count). The van der Waals surface area contributed by atoms with Crippen molar-refractivity contribution >= 4 is 21.6 Å². The molecule has 0 saturated heterocycles. The van der Waals surface area contributed by atoms with Crippen LogP contribution in [0, 0.1) is 19.7 Å². The summed E-state index contributed by atoms with van der Waals surface area (Å²) < 4.78 is 14.5. The van der Waals surface area contributed by atoms with Crippen LogP contribution in [0.25, 0.3) is 0 Å². The number of benzene rings is 2. The molecule has 0 aliphatic rings. The predicted molar refractivity (Wildman–Crippen MR) is 83.5 cm³/mol. The fourth-order valence-corrected chi connectivity index (χ4v) is 3.01. The molecule has 2 N–H and O–H groups in total. The molecule has 20 heavy (non-hydrogen) atoms. The average Bonchev–Trinajstić information content (AvgIpc) is 2.37. The van der Waals surface area contributed by atoms with E-state index in [1.165, 1.54) is 6.07 Å². The molecule has 106 valence electrons. The molecular formula is C16H17BrFNO. The second-order valence-electron chi connectivity index (χ2n) is 4.86. The van der Waals surface area contributed by atoms with Crippen LogP contribution in [0.2, 0.25) is 0 Å². The number of aliphatic hydroxyl groups excluding tert-OH is 1. The summed E-state index contributed by atoms with van der Waals surface area (Å²) in [6.07, 6.45) is -0.885. The Kier molecular flexibility index (Phi) is 4.78. The lowest BCUT2D eigenvalue weighted by atomic mass is 10.1. The molecule has 1 atom stereocenters. The van der Waals surface area contributed by atoms with E-state index in [4.69, 9.17) is 0 Å². The Morgan fingerprint density at radius 3 is 2.60 bits per heavy atom. The van der Waals surface area contributed by atoms with E-state index < -0.39 is 6.10 Å². The molecular weight excluding hydrogens is 321 g/mol. The first-order chi connectivity index (χ1) is 9.49. The topological polar surface area (TPSA) is 32.3 Å². The van der Waals surface area contributed by atoms with Gasteiger partial charge in [-0.25, -0.2) is 4.39 Å². The molecule has 0 aliphatic carbocycles. The maximum Gasteiger partial charge on any atom is 0.129 e. The van der Waals surface area contributed by atoms with Gasteiger partial charge in [-0.2, -0.15) is 0 Å². The summed E-state index contributed by atoms with van der Waals surface area (Å²) in [5.41, 5.74) is 3.47. The minimum absolute atomic E-state index is 0.253. The van der Waals surface area contributed by atoms with E-state index in [0.29, 0.717) is 5.56 Å². The zero-order valence-electron chi connectivity index (χ0n) is 11.5. The smallest absolute Gasteiger partial charge is 0.129 e. The Morgan fingerprint density at radius 1 is 1.25 bits per heavy atom. The Balaban J connectivity index is 2.12. The minimum Gasteiger partial charge on any atom is -0.386 e. The highest BCUT2D eigenvalue weighted by atomic mass is 79.9. The lowest BCUT2D eigenvalue weighted by Gasteiger charge is -2.17. The summed E-state index contributed by atoms with van der Waals surface area (Å²) in [5, 5.41) is 13.3. The quantitative estimate of drug-likeness (QED) is 0.869. The fourth-order valence-electron chi connectivity index (χ4n) is 2.19. The molecule has 0 aliphatic heterocycles. The van der Waals surface area contributed by atoms with Gasteiger partial charge in [-0.1, -0.05) is 24.3 Å². The van der Waals surface area contributed by atoms with Gasteiger partial charge in [0, 0.05) is 16.6 Å². The molecule has 0 aromatic heterocycles. The van der Waals surface area contributed by atoms with E-state index in [1.807, 2.05) is 19.9 Å². The van der Waals surface area contributed by atoms with Gasteiger partial charge in [-0.3, -0.25) is 0 Å². The summed E-state index contributed by atoms with van der Waals surface area (Å²) in [4.78, 5) is 0.